The van der Waals surface area contributed by atoms with Crippen LogP contribution in [0.4, 0.5) is 0 Å². The molecule has 0 aromatic heterocycles. The molecule has 0 aliphatic rings. The summed E-state index contributed by atoms with van der Waals surface area (Å²) in [6.07, 6.45) is 5.72. The molecular weight excluding hydrogens is 422 g/mol. The maximum atomic E-state index is 11.3. The highest BCUT2D eigenvalue weighted by atomic mass is 32.2. The maximum absolute atomic E-state index is 11.3. The fraction of sp³-hybridized carbons (Fsp3) is 0.312. The van der Waals surface area contributed by atoms with E-state index in [1.54, 1.807) is 11.8 Å². The van der Waals surface area contributed by atoms with E-state index in [-0.39, 0.29) is 5.11 Å². The number of thiocarbonyl (C=S) groups is 2. The Kier molecular flexibility index (Phi) is 11.7. The lowest BCUT2D eigenvalue weighted by molar-refractivity contribution is -0.139. The number of benzene rings is 1. The SMILES string of the molecule is CSCCC(NC(=S)NN=C(C=NNC(=S)SC)c1ccccc1)C(=O)O. The normalized spacial score (nSPS) is 12.4. The third-order valence-corrected chi connectivity index (χ3v) is 5.00. The summed E-state index contributed by atoms with van der Waals surface area (Å²) in [7, 11) is 0. The fourth-order valence-corrected chi connectivity index (χ4v) is 2.62. The van der Waals surface area contributed by atoms with Gasteiger partial charge in [0.15, 0.2) is 9.43 Å². The second kappa shape index (κ2) is 13.5. The Hall–Kier alpha value is -1.69. The molecule has 1 rings (SSSR count). The van der Waals surface area contributed by atoms with Gasteiger partial charge >= 0.3 is 5.97 Å². The van der Waals surface area contributed by atoms with Crippen LogP contribution in [0, 0.1) is 0 Å². The molecule has 0 saturated carbocycles. The molecule has 0 spiro atoms. The van der Waals surface area contributed by atoms with Gasteiger partial charge in [0, 0.05) is 5.56 Å². The van der Waals surface area contributed by atoms with Crippen LogP contribution in [0.1, 0.15) is 12.0 Å². The van der Waals surface area contributed by atoms with Gasteiger partial charge < -0.3 is 10.4 Å². The minimum Gasteiger partial charge on any atom is -0.480 e. The topological polar surface area (TPSA) is 98.1 Å². The number of hydrogen-bond donors (Lipinski definition) is 4. The van der Waals surface area contributed by atoms with Crippen LogP contribution in [-0.2, 0) is 4.79 Å². The second-order valence-electron chi connectivity index (χ2n) is 4.98. The Morgan fingerprint density at radius 1 is 1.26 bits per heavy atom. The van der Waals surface area contributed by atoms with Crippen LogP contribution in [-0.4, -0.2) is 56.7 Å². The zero-order chi connectivity index (χ0) is 20.1. The summed E-state index contributed by atoms with van der Waals surface area (Å²) in [6, 6.07) is 8.60. The van der Waals surface area contributed by atoms with Crippen molar-refractivity contribution in [1.82, 2.24) is 16.2 Å². The van der Waals surface area contributed by atoms with E-state index in [2.05, 4.69) is 26.4 Å². The highest BCUT2D eigenvalue weighted by molar-refractivity contribution is 8.22. The number of rotatable bonds is 9. The number of carbonyl (C=O) groups is 1. The predicted molar refractivity (Wildman–Crippen MR) is 124 cm³/mol. The third-order valence-electron chi connectivity index (χ3n) is 3.09. The Morgan fingerprint density at radius 3 is 2.56 bits per heavy atom. The average Bonchev–Trinajstić information content (AvgIpc) is 2.67. The van der Waals surface area contributed by atoms with Crippen molar-refractivity contribution >= 4 is 75.3 Å². The average molecular weight is 444 g/mol. The zero-order valence-corrected chi connectivity index (χ0v) is 18.1. The quantitative estimate of drug-likeness (QED) is 0.260. The molecule has 0 fully saturated rings. The zero-order valence-electron chi connectivity index (χ0n) is 14.8. The number of aliphatic carboxylic acids is 1. The van der Waals surface area contributed by atoms with E-state index < -0.39 is 12.0 Å². The fourth-order valence-electron chi connectivity index (χ4n) is 1.76. The highest BCUT2D eigenvalue weighted by Crippen LogP contribution is 2.02. The van der Waals surface area contributed by atoms with Crippen molar-refractivity contribution in [3.8, 4) is 0 Å². The molecule has 0 aliphatic heterocycles. The first-order valence-electron chi connectivity index (χ1n) is 7.76. The number of thioether (sulfide) groups is 2. The molecule has 0 heterocycles. The Balaban J connectivity index is 2.82. The maximum Gasteiger partial charge on any atom is 0.326 e. The molecule has 4 N–H and O–H groups in total. The van der Waals surface area contributed by atoms with E-state index in [0.29, 0.717) is 22.2 Å². The molecule has 0 saturated heterocycles. The van der Waals surface area contributed by atoms with Crippen LogP contribution >= 0.6 is 48.0 Å². The predicted octanol–water partition coefficient (Wildman–Crippen LogP) is 2.28. The monoisotopic (exact) mass is 443 g/mol. The van der Waals surface area contributed by atoms with Gasteiger partial charge in [0.2, 0.25) is 0 Å². The Bertz CT molecular complexity index is 697. The minimum atomic E-state index is -0.961. The number of carboxylic acids is 1. The summed E-state index contributed by atoms with van der Waals surface area (Å²) in [5, 5.41) is 20.4. The molecule has 0 radical (unpaired) electrons. The third kappa shape index (κ3) is 9.70. The second-order valence-corrected chi connectivity index (χ2v) is 7.86. The van der Waals surface area contributed by atoms with Crippen molar-refractivity contribution in [1.29, 1.82) is 0 Å². The van der Waals surface area contributed by atoms with Crippen molar-refractivity contribution in [2.45, 2.75) is 12.5 Å². The number of carboxylic acid groups (broad SMARTS) is 1. The van der Waals surface area contributed by atoms with Crippen LogP contribution in [0.25, 0.3) is 0 Å². The number of nitrogens with one attached hydrogen (secondary N) is 3. The smallest absolute Gasteiger partial charge is 0.326 e. The van der Waals surface area contributed by atoms with E-state index in [9.17, 15) is 9.90 Å². The summed E-state index contributed by atoms with van der Waals surface area (Å²) in [5.74, 6) is -0.254. The Labute approximate surface area is 177 Å². The lowest BCUT2D eigenvalue weighted by atomic mass is 10.1. The van der Waals surface area contributed by atoms with Gasteiger partial charge in [-0.05, 0) is 36.9 Å². The summed E-state index contributed by atoms with van der Waals surface area (Å²) in [5.41, 5.74) is 6.71. The molecule has 1 atom stereocenters. The minimum absolute atomic E-state index is 0.123. The summed E-state index contributed by atoms with van der Waals surface area (Å²) in [6.45, 7) is 0. The molecule has 27 heavy (non-hydrogen) atoms. The molecular formula is C16H21N5O2S4. The summed E-state index contributed by atoms with van der Waals surface area (Å²) < 4.78 is 0.530. The van der Waals surface area contributed by atoms with Crippen LogP contribution in [0.2, 0.25) is 0 Å². The Morgan fingerprint density at radius 2 is 1.96 bits per heavy atom. The van der Waals surface area contributed by atoms with E-state index in [1.165, 1.54) is 18.0 Å². The molecule has 0 aliphatic carbocycles. The molecule has 0 amide bonds. The van der Waals surface area contributed by atoms with Crippen LogP contribution in [0.15, 0.2) is 40.5 Å². The largest absolute Gasteiger partial charge is 0.480 e. The van der Waals surface area contributed by atoms with Crippen LogP contribution in [0.3, 0.4) is 0 Å². The first kappa shape index (κ1) is 23.3. The molecule has 7 nitrogen and oxygen atoms in total. The molecule has 11 heteroatoms. The summed E-state index contributed by atoms with van der Waals surface area (Å²) in [4.78, 5) is 11.3. The van der Waals surface area contributed by atoms with Gasteiger partial charge in [0.1, 0.15) is 11.8 Å². The van der Waals surface area contributed by atoms with Gasteiger partial charge in [-0.3, -0.25) is 10.9 Å². The van der Waals surface area contributed by atoms with Crippen molar-refractivity contribution in [2.24, 2.45) is 10.2 Å². The number of hydrogen-bond acceptors (Lipinski definition) is 7. The first-order chi connectivity index (χ1) is 13.0. The van der Waals surface area contributed by atoms with Crippen molar-refractivity contribution < 1.29 is 9.90 Å². The molecule has 1 aromatic carbocycles. The van der Waals surface area contributed by atoms with Gasteiger partial charge in [0.25, 0.3) is 0 Å². The van der Waals surface area contributed by atoms with E-state index in [4.69, 9.17) is 24.4 Å². The van der Waals surface area contributed by atoms with Gasteiger partial charge in [-0.2, -0.15) is 22.0 Å². The van der Waals surface area contributed by atoms with Crippen molar-refractivity contribution in [3.05, 3.63) is 35.9 Å². The lowest BCUT2D eigenvalue weighted by Gasteiger charge is -2.15. The molecule has 1 unspecified atom stereocenters. The number of hydrazone groups is 2. The van der Waals surface area contributed by atoms with Gasteiger partial charge in [-0.1, -0.05) is 54.3 Å². The number of nitrogens with zero attached hydrogens (tertiary/aromatic N) is 2. The molecule has 1 aromatic rings. The van der Waals surface area contributed by atoms with Gasteiger partial charge in [0.05, 0.1) is 6.21 Å². The highest BCUT2D eigenvalue weighted by Gasteiger charge is 2.17. The first-order valence-corrected chi connectivity index (χ1v) is 11.2. The van der Waals surface area contributed by atoms with Crippen molar-refractivity contribution in [3.63, 3.8) is 0 Å². The summed E-state index contributed by atoms with van der Waals surface area (Å²) >= 11 is 13.1. The van der Waals surface area contributed by atoms with E-state index >= 15 is 0 Å². The van der Waals surface area contributed by atoms with E-state index in [1.807, 2.05) is 42.8 Å². The van der Waals surface area contributed by atoms with Crippen molar-refractivity contribution in [2.75, 3.05) is 18.3 Å². The lowest BCUT2D eigenvalue weighted by Crippen LogP contribution is -2.45. The van der Waals surface area contributed by atoms with Crippen LogP contribution in [0.5, 0.6) is 0 Å². The van der Waals surface area contributed by atoms with Crippen LogP contribution < -0.4 is 16.2 Å². The standard InChI is InChI=1S/C16H21N5O2S4/c1-26-9-8-12(14(22)23)18-15(24)20-19-13(10-17-21-16(25)27-2)11-6-4-3-5-7-11/h3-7,10,12H,8-9H2,1-2H3,(H,21,25)(H,22,23)(H2,18,20,24). The molecule has 0 bridgehead atoms. The van der Waals surface area contributed by atoms with Gasteiger partial charge in [-0.25, -0.2) is 4.79 Å². The van der Waals surface area contributed by atoms with E-state index in [0.717, 1.165) is 5.56 Å². The molecule has 146 valence electrons. The van der Waals surface area contributed by atoms with Gasteiger partial charge in [-0.15, -0.1) is 0 Å².